The monoisotopic (exact) mass is 442 g/mol. The summed E-state index contributed by atoms with van der Waals surface area (Å²) in [6, 6.07) is 24.8. The molecule has 5 rings (SSSR count). The van der Waals surface area contributed by atoms with Crippen LogP contribution in [-0.2, 0) is 22.2 Å². The number of nitrogens with zero attached hydrogens (tertiary/aromatic N) is 2. The predicted molar refractivity (Wildman–Crippen MR) is 131 cm³/mol. The van der Waals surface area contributed by atoms with E-state index in [1.807, 2.05) is 42.6 Å². The maximum absolute atomic E-state index is 12.1. The van der Waals surface area contributed by atoms with Crippen molar-refractivity contribution in [3.05, 3.63) is 101 Å². The molecule has 172 valence electrons. The van der Waals surface area contributed by atoms with Gasteiger partial charge < -0.3 is 14.7 Å². The fourth-order valence-corrected chi connectivity index (χ4v) is 5.37. The molecule has 2 fully saturated rings. The van der Waals surface area contributed by atoms with Crippen LogP contribution in [0.25, 0.3) is 0 Å². The Morgan fingerprint density at radius 2 is 1.55 bits per heavy atom. The van der Waals surface area contributed by atoms with Gasteiger partial charge in [-0.15, -0.1) is 0 Å². The third-order valence-electron chi connectivity index (χ3n) is 7.61. The number of piperidine rings is 1. The summed E-state index contributed by atoms with van der Waals surface area (Å²) in [6.07, 6.45) is 5.01. The van der Waals surface area contributed by atoms with E-state index in [1.165, 1.54) is 5.56 Å². The van der Waals surface area contributed by atoms with Crippen LogP contribution in [0.4, 0.5) is 0 Å². The molecule has 2 aromatic carbocycles. The molecule has 3 aromatic rings. The Balaban J connectivity index is 1.21. The second-order valence-corrected chi connectivity index (χ2v) is 9.97. The maximum Gasteiger partial charge on any atom is 0.117 e. The first-order chi connectivity index (χ1) is 16.1. The molecule has 2 aliphatic rings. The van der Waals surface area contributed by atoms with Crippen molar-refractivity contribution in [3.63, 3.8) is 0 Å². The third-order valence-corrected chi connectivity index (χ3v) is 7.61. The van der Waals surface area contributed by atoms with Crippen LogP contribution in [-0.4, -0.2) is 47.8 Å². The molecule has 0 atom stereocenters. The molecule has 0 aliphatic carbocycles. The molecule has 4 heteroatoms. The van der Waals surface area contributed by atoms with E-state index in [1.54, 1.807) is 0 Å². The van der Waals surface area contributed by atoms with Crippen molar-refractivity contribution in [1.29, 1.82) is 0 Å². The first-order valence-corrected chi connectivity index (χ1v) is 12.2. The Hall–Kier alpha value is -2.53. The van der Waals surface area contributed by atoms with E-state index in [0.717, 1.165) is 68.9 Å². The lowest BCUT2D eigenvalue weighted by atomic mass is 9.72. The number of rotatable bonds is 7. The average molecular weight is 443 g/mol. The summed E-state index contributed by atoms with van der Waals surface area (Å²) in [4.78, 5) is 7.25. The summed E-state index contributed by atoms with van der Waals surface area (Å²) in [7, 11) is 0. The molecule has 2 aliphatic heterocycles. The lowest BCUT2D eigenvalue weighted by Crippen LogP contribution is -2.44. The van der Waals surface area contributed by atoms with Crippen LogP contribution in [0.15, 0.2) is 79.0 Å². The van der Waals surface area contributed by atoms with Gasteiger partial charge in [-0.25, -0.2) is 0 Å². The topological polar surface area (TPSA) is 45.6 Å². The number of aliphatic hydroxyl groups is 1. The molecule has 1 N–H and O–H groups in total. The smallest absolute Gasteiger partial charge is 0.117 e. The van der Waals surface area contributed by atoms with Crippen molar-refractivity contribution in [3.8, 4) is 0 Å². The zero-order valence-electron chi connectivity index (χ0n) is 19.5. The summed E-state index contributed by atoms with van der Waals surface area (Å²) in [5.74, 6) is 0.199. The van der Waals surface area contributed by atoms with Gasteiger partial charge in [0, 0.05) is 12.7 Å². The lowest BCUT2D eigenvalue weighted by Gasteiger charge is -2.42. The molecule has 4 nitrogen and oxygen atoms in total. The molecule has 0 saturated carbocycles. The Labute approximate surface area is 197 Å². The number of aromatic nitrogens is 1. The minimum Gasteiger partial charge on any atom is -0.380 e. The second-order valence-electron chi connectivity index (χ2n) is 9.97. The number of pyridine rings is 1. The number of ether oxygens (including phenoxy) is 1. The van der Waals surface area contributed by atoms with E-state index in [-0.39, 0.29) is 11.3 Å². The lowest BCUT2D eigenvalue weighted by molar-refractivity contribution is -0.0521. The highest BCUT2D eigenvalue weighted by Gasteiger charge is 2.41. The molecule has 3 heterocycles. The fourth-order valence-electron chi connectivity index (χ4n) is 5.37. The molecule has 0 radical (unpaired) electrons. The molecule has 2 saturated heterocycles. The van der Waals surface area contributed by atoms with E-state index < -0.39 is 5.60 Å². The third kappa shape index (κ3) is 4.48. The Bertz CT molecular complexity index is 985. The van der Waals surface area contributed by atoms with Crippen LogP contribution in [0, 0.1) is 5.92 Å². The van der Waals surface area contributed by atoms with Gasteiger partial charge in [0.25, 0.3) is 0 Å². The minimum absolute atomic E-state index is 0.0920. The van der Waals surface area contributed by atoms with Crippen molar-refractivity contribution >= 4 is 0 Å². The van der Waals surface area contributed by atoms with Gasteiger partial charge in [0.15, 0.2) is 0 Å². The average Bonchev–Trinajstić information content (AvgIpc) is 2.87. The molecule has 1 aromatic heterocycles. The molecular weight excluding hydrogens is 408 g/mol. The first kappa shape index (κ1) is 22.3. The van der Waals surface area contributed by atoms with Gasteiger partial charge >= 0.3 is 0 Å². The van der Waals surface area contributed by atoms with Gasteiger partial charge in [-0.1, -0.05) is 66.7 Å². The van der Waals surface area contributed by atoms with Crippen LogP contribution < -0.4 is 0 Å². The van der Waals surface area contributed by atoms with Crippen molar-refractivity contribution in [2.75, 3.05) is 32.8 Å². The standard InChI is InChI=1S/C29H34N2O2/c1-28(21-33-22-28)27-13-12-23(20-30-27)14-17-31-18-15-26(16-19-31)29(32,24-8-4-2-5-9-24)25-10-6-3-7-11-25/h2-13,20,26,32H,14-19,21-22H2,1H3. The van der Waals surface area contributed by atoms with Crippen molar-refractivity contribution in [1.82, 2.24) is 9.88 Å². The largest absolute Gasteiger partial charge is 0.380 e. The quantitative estimate of drug-likeness (QED) is 0.583. The van der Waals surface area contributed by atoms with Gasteiger partial charge in [-0.05, 0) is 68.0 Å². The number of hydrogen-bond acceptors (Lipinski definition) is 4. The van der Waals surface area contributed by atoms with E-state index in [9.17, 15) is 5.11 Å². The van der Waals surface area contributed by atoms with Gasteiger partial charge in [0.1, 0.15) is 5.60 Å². The van der Waals surface area contributed by atoms with Gasteiger partial charge in [-0.3, -0.25) is 4.98 Å². The molecule has 0 unspecified atom stereocenters. The van der Waals surface area contributed by atoms with Gasteiger partial charge in [0.05, 0.1) is 24.3 Å². The van der Waals surface area contributed by atoms with Crippen LogP contribution in [0.2, 0.25) is 0 Å². The number of benzene rings is 2. The highest BCUT2D eigenvalue weighted by molar-refractivity contribution is 5.37. The SMILES string of the molecule is CC1(c2ccc(CCN3CCC(C(O)(c4ccccc4)c4ccccc4)CC3)cn2)COC1. The van der Waals surface area contributed by atoms with Crippen LogP contribution in [0.3, 0.4) is 0 Å². The molecule has 0 amide bonds. The van der Waals surface area contributed by atoms with E-state index in [2.05, 4.69) is 48.2 Å². The van der Waals surface area contributed by atoms with Crippen molar-refractivity contribution in [2.45, 2.75) is 37.2 Å². The van der Waals surface area contributed by atoms with Crippen molar-refractivity contribution < 1.29 is 9.84 Å². The minimum atomic E-state index is -0.949. The Morgan fingerprint density at radius 1 is 0.939 bits per heavy atom. The normalized spacial score (nSPS) is 19.2. The van der Waals surface area contributed by atoms with Crippen LogP contribution >= 0.6 is 0 Å². The van der Waals surface area contributed by atoms with Gasteiger partial charge in [0.2, 0.25) is 0 Å². The van der Waals surface area contributed by atoms with E-state index >= 15 is 0 Å². The molecular formula is C29H34N2O2. The van der Waals surface area contributed by atoms with Crippen molar-refractivity contribution in [2.24, 2.45) is 5.92 Å². The van der Waals surface area contributed by atoms with Crippen LogP contribution in [0.5, 0.6) is 0 Å². The second kappa shape index (κ2) is 9.38. The summed E-state index contributed by atoms with van der Waals surface area (Å²) in [5.41, 5.74) is 3.55. The maximum atomic E-state index is 12.1. The fraction of sp³-hybridized carbons (Fsp3) is 0.414. The van der Waals surface area contributed by atoms with E-state index in [4.69, 9.17) is 9.72 Å². The molecule has 0 spiro atoms. The summed E-state index contributed by atoms with van der Waals surface area (Å²) in [5, 5.41) is 12.1. The van der Waals surface area contributed by atoms with Crippen LogP contribution in [0.1, 0.15) is 42.1 Å². The first-order valence-electron chi connectivity index (χ1n) is 12.2. The van der Waals surface area contributed by atoms with E-state index in [0.29, 0.717) is 0 Å². The Kier molecular flexibility index (Phi) is 6.33. The number of likely N-dealkylation sites (tertiary alicyclic amines) is 1. The summed E-state index contributed by atoms with van der Waals surface area (Å²) >= 11 is 0. The zero-order valence-corrected chi connectivity index (χ0v) is 19.5. The highest BCUT2D eigenvalue weighted by atomic mass is 16.5. The summed E-state index contributed by atoms with van der Waals surface area (Å²) in [6.45, 7) is 6.80. The number of hydrogen-bond donors (Lipinski definition) is 1. The molecule has 0 bridgehead atoms. The van der Waals surface area contributed by atoms with Gasteiger partial charge in [-0.2, -0.15) is 0 Å². The molecule has 33 heavy (non-hydrogen) atoms. The highest BCUT2D eigenvalue weighted by Crippen LogP contribution is 2.41. The Morgan fingerprint density at radius 3 is 2.03 bits per heavy atom. The zero-order chi connectivity index (χ0) is 22.7. The predicted octanol–water partition coefficient (Wildman–Crippen LogP) is 4.56. The summed E-state index contributed by atoms with van der Waals surface area (Å²) < 4.78 is 5.37.